The first-order chi connectivity index (χ1) is 13.1. The number of carbonyl (C=O) groups is 1. The third kappa shape index (κ3) is 5.01. The van der Waals surface area contributed by atoms with Gasteiger partial charge in [-0.15, -0.1) is 0 Å². The quantitative estimate of drug-likeness (QED) is 0.560. The van der Waals surface area contributed by atoms with Crippen LogP contribution in [0.5, 0.6) is 5.75 Å². The Morgan fingerprint density at radius 3 is 2.96 bits per heavy atom. The number of nitrogens with one attached hydrogen (secondary N) is 1. The molecule has 0 spiro atoms. The summed E-state index contributed by atoms with van der Waals surface area (Å²) < 4.78 is 6.08. The average molecular weight is 403 g/mol. The molecule has 0 atom stereocenters. The minimum Gasteiger partial charge on any atom is -0.494 e. The number of hydrogen-bond acceptors (Lipinski definition) is 7. The Kier molecular flexibility index (Phi) is 6.36. The van der Waals surface area contributed by atoms with E-state index in [-0.39, 0.29) is 23.0 Å². The number of thioether (sulfide) groups is 2. The van der Waals surface area contributed by atoms with Gasteiger partial charge < -0.3 is 10.1 Å². The Hall–Kier alpha value is -2.52. The van der Waals surface area contributed by atoms with Gasteiger partial charge in [0.2, 0.25) is 5.91 Å². The van der Waals surface area contributed by atoms with Gasteiger partial charge in [-0.2, -0.15) is 0 Å². The third-order valence-electron chi connectivity index (χ3n) is 3.63. The average Bonchev–Trinajstić information content (AvgIpc) is 2.67. The third-order valence-corrected chi connectivity index (χ3v) is 5.88. The van der Waals surface area contributed by atoms with Crippen molar-refractivity contribution in [3.05, 3.63) is 58.1 Å². The molecule has 2 aromatic carbocycles. The molecule has 2 aromatic rings. The van der Waals surface area contributed by atoms with Crippen molar-refractivity contribution in [2.45, 2.75) is 12.7 Å². The van der Waals surface area contributed by atoms with E-state index < -0.39 is 4.92 Å². The molecule has 0 saturated carbocycles. The summed E-state index contributed by atoms with van der Waals surface area (Å²) in [4.78, 5) is 27.5. The van der Waals surface area contributed by atoms with Gasteiger partial charge in [-0.1, -0.05) is 41.7 Å². The summed E-state index contributed by atoms with van der Waals surface area (Å²) in [6.45, 7) is 2.20. The van der Waals surface area contributed by atoms with E-state index in [1.54, 1.807) is 24.8 Å². The van der Waals surface area contributed by atoms with Crippen LogP contribution >= 0.6 is 23.5 Å². The van der Waals surface area contributed by atoms with Crippen LogP contribution in [0.1, 0.15) is 12.5 Å². The molecule has 1 aliphatic rings. The second kappa shape index (κ2) is 8.92. The Morgan fingerprint density at radius 1 is 1.37 bits per heavy atom. The van der Waals surface area contributed by atoms with Crippen molar-refractivity contribution in [3.63, 3.8) is 0 Å². The van der Waals surface area contributed by atoms with Crippen LogP contribution in [-0.4, -0.2) is 27.6 Å². The molecule has 1 amide bonds. The van der Waals surface area contributed by atoms with Gasteiger partial charge in [0.25, 0.3) is 5.69 Å². The summed E-state index contributed by atoms with van der Waals surface area (Å²) in [7, 11) is 0. The van der Waals surface area contributed by atoms with Gasteiger partial charge in [-0.25, -0.2) is 4.99 Å². The van der Waals surface area contributed by atoms with E-state index in [1.165, 1.54) is 29.5 Å². The zero-order valence-electron chi connectivity index (χ0n) is 14.5. The number of nitrogens with zero attached hydrogens (tertiary/aromatic N) is 2. The molecule has 9 heteroatoms. The molecule has 27 heavy (non-hydrogen) atoms. The first-order valence-electron chi connectivity index (χ1n) is 8.20. The van der Waals surface area contributed by atoms with Crippen LogP contribution < -0.4 is 10.1 Å². The minimum atomic E-state index is -0.538. The lowest BCUT2D eigenvalue weighted by molar-refractivity contribution is -0.384. The van der Waals surface area contributed by atoms with Crippen molar-refractivity contribution in [2.75, 3.05) is 17.7 Å². The van der Waals surface area contributed by atoms with Crippen LogP contribution in [-0.2, 0) is 10.5 Å². The number of benzene rings is 2. The molecule has 1 N–H and O–H groups in total. The van der Waals surface area contributed by atoms with Gasteiger partial charge in [-0.05, 0) is 30.7 Å². The highest BCUT2D eigenvalue weighted by Gasteiger charge is 2.19. The Labute approximate surface area is 164 Å². The molecule has 0 aromatic heterocycles. The first-order valence-corrected chi connectivity index (χ1v) is 10.2. The number of carbonyl (C=O) groups excluding carboxylic acids is 1. The Morgan fingerprint density at radius 2 is 2.19 bits per heavy atom. The van der Waals surface area contributed by atoms with E-state index in [9.17, 15) is 14.9 Å². The van der Waals surface area contributed by atoms with Crippen molar-refractivity contribution < 1.29 is 14.5 Å². The van der Waals surface area contributed by atoms with E-state index in [2.05, 4.69) is 10.3 Å². The van der Waals surface area contributed by atoms with Gasteiger partial charge in [0, 0.05) is 5.75 Å². The lowest BCUT2D eigenvalue weighted by Crippen LogP contribution is -2.16. The van der Waals surface area contributed by atoms with Gasteiger partial charge >= 0.3 is 0 Å². The number of aliphatic imine (C=N–C) groups is 1. The normalized spacial score (nSPS) is 12.7. The smallest absolute Gasteiger partial charge is 0.296 e. The maximum Gasteiger partial charge on any atom is 0.296 e. The van der Waals surface area contributed by atoms with E-state index in [1.807, 2.05) is 24.3 Å². The SMILES string of the molecule is CCOc1ccc(NC(=O)CSC2=Nc3ccccc3CS2)c([N+](=O)[O-])c1. The number of para-hydroxylation sites is 1. The van der Waals surface area contributed by atoms with Crippen molar-refractivity contribution in [2.24, 2.45) is 4.99 Å². The lowest BCUT2D eigenvalue weighted by atomic mass is 10.2. The summed E-state index contributed by atoms with van der Waals surface area (Å²) >= 11 is 2.90. The first kappa shape index (κ1) is 19.2. The number of amides is 1. The summed E-state index contributed by atoms with van der Waals surface area (Å²) in [5.74, 6) is 1.00. The summed E-state index contributed by atoms with van der Waals surface area (Å²) in [5.41, 5.74) is 2.04. The van der Waals surface area contributed by atoms with Crippen LogP contribution in [0.4, 0.5) is 17.1 Å². The predicted octanol–water partition coefficient (Wildman–Crippen LogP) is 4.60. The van der Waals surface area contributed by atoms with Crippen LogP contribution in [0.25, 0.3) is 0 Å². The zero-order valence-corrected chi connectivity index (χ0v) is 16.1. The molecule has 0 fully saturated rings. The number of fused-ring (bicyclic) bond motifs is 1. The van der Waals surface area contributed by atoms with Crippen LogP contribution in [0.3, 0.4) is 0 Å². The highest BCUT2D eigenvalue weighted by molar-refractivity contribution is 8.38. The fourth-order valence-corrected chi connectivity index (χ4v) is 4.29. The number of rotatable bonds is 6. The molecule has 0 saturated heterocycles. The van der Waals surface area contributed by atoms with Gasteiger partial charge in [0.15, 0.2) is 0 Å². The second-order valence-electron chi connectivity index (χ2n) is 5.50. The number of nitro benzene ring substituents is 1. The molecule has 1 aliphatic heterocycles. The Balaban J connectivity index is 1.63. The standard InChI is InChI=1S/C18H17N3O4S2/c1-2-25-13-7-8-15(16(9-13)21(23)24)19-17(22)11-27-18-20-14-6-4-3-5-12(14)10-26-18/h3-9H,2,10-11H2,1H3,(H,19,22). The zero-order chi connectivity index (χ0) is 19.2. The highest BCUT2D eigenvalue weighted by atomic mass is 32.2. The monoisotopic (exact) mass is 403 g/mol. The van der Waals surface area contributed by atoms with Crippen molar-refractivity contribution in [1.29, 1.82) is 0 Å². The molecular formula is C18H17N3O4S2. The van der Waals surface area contributed by atoms with Gasteiger partial charge in [0.1, 0.15) is 15.8 Å². The van der Waals surface area contributed by atoms with Crippen molar-refractivity contribution >= 4 is 50.9 Å². The van der Waals surface area contributed by atoms with Gasteiger partial charge in [-0.3, -0.25) is 14.9 Å². The summed E-state index contributed by atoms with van der Waals surface area (Å²) in [6.07, 6.45) is 0. The number of ether oxygens (including phenoxy) is 1. The van der Waals surface area contributed by atoms with Crippen molar-refractivity contribution in [1.82, 2.24) is 0 Å². The molecule has 1 heterocycles. The minimum absolute atomic E-state index is 0.123. The Bertz CT molecular complexity index is 902. The maximum absolute atomic E-state index is 12.2. The molecule has 3 rings (SSSR count). The largest absolute Gasteiger partial charge is 0.494 e. The van der Waals surface area contributed by atoms with Gasteiger partial charge in [0.05, 0.1) is 29.0 Å². The highest BCUT2D eigenvalue weighted by Crippen LogP contribution is 2.34. The number of anilines is 1. The molecule has 0 unspecified atom stereocenters. The number of nitro groups is 1. The molecule has 0 aliphatic carbocycles. The van der Waals surface area contributed by atoms with Crippen LogP contribution in [0.2, 0.25) is 0 Å². The second-order valence-corrected chi connectivity index (χ2v) is 7.69. The molecular weight excluding hydrogens is 386 g/mol. The van der Waals surface area contributed by atoms with Crippen molar-refractivity contribution in [3.8, 4) is 5.75 Å². The number of hydrogen-bond donors (Lipinski definition) is 1. The lowest BCUT2D eigenvalue weighted by Gasteiger charge is -2.14. The molecule has 0 radical (unpaired) electrons. The molecule has 7 nitrogen and oxygen atoms in total. The summed E-state index contributed by atoms with van der Waals surface area (Å²) in [5, 5.41) is 13.9. The van der Waals surface area contributed by atoms with E-state index in [0.717, 1.165) is 15.8 Å². The fourth-order valence-electron chi connectivity index (χ4n) is 2.42. The summed E-state index contributed by atoms with van der Waals surface area (Å²) in [6, 6.07) is 12.3. The molecule has 0 bridgehead atoms. The van der Waals surface area contributed by atoms with E-state index in [0.29, 0.717) is 12.4 Å². The fraction of sp³-hybridized carbons (Fsp3) is 0.222. The topological polar surface area (TPSA) is 93.8 Å². The van der Waals surface area contributed by atoms with E-state index >= 15 is 0 Å². The van der Waals surface area contributed by atoms with Crippen LogP contribution in [0, 0.1) is 10.1 Å². The predicted molar refractivity (Wildman–Crippen MR) is 110 cm³/mol. The maximum atomic E-state index is 12.2. The molecule has 140 valence electrons. The van der Waals surface area contributed by atoms with Crippen LogP contribution in [0.15, 0.2) is 47.5 Å². The van der Waals surface area contributed by atoms with E-state index in [4.69, 9.17) is 4.74 Å².